The molecule has 0 atom stereocenters. The van der Waals surface area contributed by atoms with Crippen LogP contribution < -0.4 is 15.4 Å². The molecule has 5 heteroatoms. The van der Waals surface area contributed by atoms with Gasteiger partial charge in [-0.15, -0.1) is 0 Å². The van der Waals surface area contributed by atoms with Crippen molar-refractivity contribution in [3.63, 3.8) is 0 Å². The van der Waals surface area contributed by atoms with E-state index in [2.05, 4.69) is 24.5 Å². The summed E-state index contributed by atoms with van der Waals surface area (Å²) in [5.41, 5.74) is 1.93. The first-order valence-corrected chi connectivity index (χ1v) is 8.96. The molecule has 0 saturated heterocycles. The second kappa shape index (κ2) is 9.65. The highest BCUT2D eigenvalue weighted by Gasteiger charge is 2.01. The molecule has 0 unspecified atom stereocenters. The summed E-state index contributed by atoms with van der Waals surface area (Å²) in [4.78, 5) is 0. The lowest BCUT2D eigenvalue weighted by atomic mass is 10.1. The Bertz CT molecular complexity index is 647. The Labute approximate surface area is 154 Å². The summed E-state index contributed by atoms with van der Waals surface area (Å²) in [6, 6.07) is 13.5. The van der Waals surface area contributed by atoms with Crippen molar-refractivity contribution in [1.29, 1.82) is 0 Å². The Kier molecular flexibility index (Phi) is 7.54. The highest BCUT2D eigenvalue weighted by molar-refractivity contribution is 6.36. The third kappa shape index (κ3) is 6.50. The maximum absolute atomic E-state index is 6.13. The number of hydrogen-bond donors (Lipinski definition) is 2. The first-order valence-electron chi connectivity index (χ1n) is 8.20. The van der Waals surface area contributed by atoms with Gasteiger partial charge in [0.25, 0.3) is 0 Å². The number of hydrogen-bond acceptors (Lipinski definition) is 3. The van der Waals surface area contributed by atoms with Crippen molar-refractivity contribution in [2.45, 2.75) is 20.3 Å². The number of nitrogens with one attached hydrogen (secondary N) is 2. The molecular formula is C19H24Cl2N2O. The SMILES string of the molecule is CC(C)CCOc1cccc(NCCNc2ccc(Cl)cc2Cl)c1. The summed E-state index contributed by atoms with van der Waals surface area (Å²) in [6.07, 6.45) is 1.06. The molecule has 0 heterocycles. The first kappa shape index (κ1) is 18.8. The second-order valence-corrected chi connectivity index (χ2v) is 6.88. The van der Waals surface area contributed by atoms with Crippen molar-refractivity contribution in [1.82, 2.24) is 0 Å². The largest absolute Gasteiger partial charge is 0.494 e. The van der Waals surface area contributed by atoms with Crippen molar-refractivity contribution in [3.8, 4) is 5.75 Å². The van der Waals surface area contributed by atoms with Crippen LogP contribution in [0.15, 0.2) is 42.5 Å². The molecule has 0 bridgehead atoms. The fourth-order valence-corrected chi connectivity index (χ4v) is 2.62. The molecule has 0 spiro atoms. The summed E-state index contributed by atoms with van der Waals surface area (Å²) in [6.45, 7) is 6.66. The fraction of sp³-hybridized carbons (Fsp3) is 0.368. The molecule has 0 aliphatic heterocycles. The second-order valence-electron chi connectivity index (χ2n) is 6.04. The van der Waals surface area contributed by atoms with Crippen LogP contribution in [-0.2, 0) is 0 Å². The van der Waals surface area contributed by atoms with E-state index in [1.807, 2.05) is 36.4 Å². The Balaban J connectivity index is 1.75. The van der Waals surface area contributed by atoms with E-state index in [1.54, 1.807) is 6.07 Å². The molecule has 0 amide bonds. The zero-order valence-corrected chi connectivity index (χ0v) is 15.6. The van der Waals surface area contributed by atoms with Crippen LogP contribution in [0.2, 0.25) is 10.0 Å². The molecule has 2 N–H and O–H groups in total. The predicted octanol–water partition coefficient (Wildman–Crippen LogP) is 5.94. The third-order valence-electron chi connectivity index (χ3n) is 3.50. The molecule has 0 saturated carbocycles. The molecule has 130 valence electrons. The van der Waals surface area contributed by atoms with Crippen LogP contribution >= 0.6 is 23.2 Å². The minimum atomic E-state index is 0.628. The zero-order valence-electron chi connectivity index (χ0n) is 14.1. The number of benzene rings is 2. The summed E-state index contributed by atoms with van der Waals surface area (Å²) in [5, 5.41) is 7.93. The molecular weight excluding hydrogens is 343 g/mol. The van der Waals surface area contributed by atoms with Gasteiger partial charge < -0.3 is 15.4 Å². The van der Waals surface area contributed by atoms with E-state index in [1.165, 1.54) is 0 Å². The molecule has 2 rings (SSSR count). The predicted molar refractivity (Wildman–Crippen MR) is 105 cm³/mol. The van der Waals surface area contributed by atoms with Crippen LogP contribution in [0.3, 0.4) is 0 Å². The Morgan fingerprint density at radius 1 is 1.00 bits per heavy atom. The standard InChI is InChI=1S/C19H24Cl2N2O/c1-14(2)8-11-24-17-5-3-4-16(13-17)22-9-10-23-19-7-6-15(20)12-18(19)21/h3-7,12-14,22-23H,8-11H2,1-2H3. The minimum Gasteiger partial charge on any atom is -0.494 e. The van der Waals surface area contributed by atoms with Crippen molar-refractivity contribution in [2.24, 2.45) is 5.92 Å². The zero-order chi connectivity index (χ0) is 17.4. The average Bonchev–Trinajstić information content (AvgIpc) is 2.53. The number of anilines is 2. The van der Waals surface area contributed by atoms with Gasteiger partial charge in [0.2, 0.25) is 0 Å². The van der Waals surface area contributed by atoms with Crippen molar-refractivity contribution >= 4 is 34.6 Å². The van der Waals surface area contributed by atoms with E-state index in [4.69, 9.17) is 27.9 Å². The van der Waals surface area contributed by atoms with E-state index >= 15 is 0 Å². The first-order chi connectivity index (χ1) is 11.5. The van der Waals surface area contributed by atoms with E-state index in [-0.39, 0.29) is 0 Å². The van der Waals surface area contributed by atoms with Crippen molar-refractivity contribution < 1.29 is 4.74 Å². The van der Waals surface area contributed by atoms with Gasteiger partial charge in [0.15, 0.2) is 0 Å². The summed E-state index contributed by atoms with van der Waals surface area (Å²) in [7, 11) is 0. The van der Waals surface area contributed by atoms with Gasteiger partial charge in [-0.2, -0.15) is 0 Å². The Morgan fingerprint density at radius 2 is 1.79 bits per heavy atom. The molecule has 2 aromatic carbocycles. The molecule has 0 aliphatic carbocycles. The van der Waals surface area contributed by atoms with Crippen molar-refractivity contribution in [3.05, 3.63) is 52.5 Å². The summed E-state index contributed by atoms with van der Waals surface area (Å²) >= 11 is 12.0. The van der Waals surface area contributed by atoms with Gasteiger partial charge >= 0.3 is 0 Å². The van der Waals surface area contributed by atoms with Crippen LogP contribution in [0.4, 0.5) is 11.4 Å². The van der Waals surface area contributed by atoms with E-state index < -0.39 is 0 Å². The highest BCUT2D eigenvalue weighted by atomic mass is 35.5. The minimum absolute atomic E-state index is 0.628. The molecule has 0 radical (unpaired) electrons. The lowest BCUT2D eigenvalue weighted by Gasteiger charge is -2.12. The fourth-order valence-electron chi connectivity index (χ4n) is 2.15. The van der Waals surface area contributed by atoms with Gasteiger partial charge in [-0.1, -0.05) is 43.1 Å². The summed E-state index contributed by atoms with van der Waals surface area (Å²) < 4.78 is 5.77. The number of halogens is 2. The molecule has 24 heavy (non-hydrogen) atoms. The Hall–Kier alpha value is -1.58. The maximum Gasteiger partial charge on any atom is 0.121 e. The van der Waals surface area contributed by atoms with Crippen LogP contribution in [0.5, 0.6) is 5.75 Å². The van der Waals surface area contributed by atoms with Crippen LogP contribution in [-0.4, -0.2) is 19.7 Å². The molecule has 0 fully saturated rings. The summed E-state index contributed by atoms with van der Waals surface area (Å²) in [5.74, 6) is 1.55. The van der Waals surface area contributed by atoms with Gasteiger partial charge in [-0.25, -0.2) is 0 Å². The lowest BCUT2D eigenvalue weighted by molar-refractivity contribution is 0.289. The monoisotopic (exact) mass is 366 g/mol. The van der Waals surface area contributed by atoms with E-state index in [9.17, 15) is 0 Å². The number of rotatable bonds is 9. The molecule has 0 aliphatic rings. The Morgan fingerprint density at radius 3 is 2.54 bits per heavy atom. The van der Waals surface area contributed by atoms with Gasteiger partial charge in [-0.3, -0.25) is 0 Å². The van der Waals surface area contributed by atoms with Gasteiger partial charge in [0, 0.05) is 29.9 Å². The van der Waals surface area contributed by atoms with Crippen LogP contribution in [0.25, 0.3) is 0 Å². The topological polar surface area (TPSA) is 33.3 Å². The lowest BCUT2D eigenvalue weighted by Crippen LogP contribution is -2.13. The smallest absolute Gasteiger partial charge is 0.121 e. The maximum atomic E-state index is 6.13. The van der Waals surface area contributed by atoms with E-state index in [0.717, 1.165) is 43.2 Å². The third-order valence-corrected chi connectivity index (χ3v) is 4.05. The average molecular weight is 367 g/mol. The van der Waals surface area contributed by atoms with Gasteiger partial charge in [0.05, 0.1) is 17.3 Å². The van der Waals surface area contributed by atoms with Gasteiger partial charge in [-0.05, 0) is 42.7 Å². The highest BCUT2D eigenvalue weighted by Crippen LogP contribution is 2.25. The van der Waals surface area contributed by atoms with Crippen LogP contribution in [0.1, 0.15) is 20.3 Å². The molecule has 3 nitrogen and oxygen atoms in total. The normalized spacial score (nSPS) is 10.7. The van der Waals surface area contributed by atoms with Gasteiger partial charge in [0.1, 0.15) is 5.75 Å². The van der Waals surface area contributed by atoms with Crippen LogP contribution in [0, 0.1) is 5.92 Å². The van der Waals surface area contributed by atoms with E-state index in [0.29, 0.717) is 16.0 Å². The molecule has 2 aromatic rings. The van der Waals surface area contributed by atoms with Crippen molar-refractivity contribution in [2.75, 3.05) is 30.3 Å². The molecule has 0 aromatic heterocycles. The quantitative estimate of drug-likeness (QED) is 0.538. The number of ether oxygens (including phenoxy) is 1.